The van der Waals surface area contributed by atoms with Crippen LogP contribution in [-0.2, 0) is 7.05 Å². The van der Waals surface area contributed by atoms with Gasteiger partial charge in [-0.15, -0.1) is 0 Å². The molecule has 0 atom stereocenters. The number of hydrogen-bond acceptors (Lipinski definition) is 2. The third-order valence-corrected chi connectivity index (χ3v) is 2.59. The van der Waals surface area contributed by atoms with Gasteiger partial charge in [0, 0.05) is 29.7 Å². The van der Waals surface area contributed by atoms with Crippen molar-refractivity contribution in [3.05, 3.63) is 42.1 Å². The van der Waals surface area contributed by atoms with Crippen molar-refractivity contribution >= 4 is 22.7 Å². The van der Waals surface area contributed by atoms with E-state index in [2.05, 4.69) is 28.1 Å². The minimum absolute atomic E-state index is 0.591. The molecule has 1 heterocycles. The second kappa shape index (κ2) is 4.23. The predicted molar refractivity (Wildman–Crippen MR) is 66.8 cm³/mol. The normalized spacial score (nSPS) is 12.8. The van der Waals surface area contributed by atoms with Gasteiger partial charge in [-0.05, 0) is 19.1 Å². The SMILES string of the molecule is CC(C=Cc1cn(C)c2ccccc12)=NO. The zero-order valence-corrected chi connectivity index (χ0v) is 9.38. The monoisotopic (exact) mass is 214 g/mol. The Balaban J connectivity index is 2.50. The van der Waals surface area contributed by atoms with Crippen LogP contribution in [0.15, 0.2) is 41.7 Å². The fourth-order valence-electron chi connectivity index (χ4n) is 1.75. The van der Waals surface area contributed by atoms with Crippen molar-refractivity contribution in [3.8, 4) is 0 Å². The highest BCUT2D eigenvalue weighted by molar-refractivity contribution is 5.98. The summed E-state index contributed by atoms with van der Waals surface area (Å²) in [6.45, 7) is 1.75. The molecular formula is C13H14N2O. The first-order valence-electron chi connectivity index (χ1n) is 5.13. The van der Waals surface area contributed by atoms with Crippen LogP contribution in [0.1, 0.15) is 12.5 Å². The smallest absolute Gasteiger partial charge is 0.0765 e. The molecule has 0 aliphatic heterocycles. The molecule has 0 unspecified atom stereocenters. The lowest BCUT2D eigenvalue weighted by Gasteiger charge is -1.93. The van der Waals surface area contributed by atoms with Gasteiger partial charge in [-0.3, -0.25) is 0 Å². The lowest BCUT2D eigenvalue weighted by atomic mass is 10.1. The van der Waals surface area contributed by atoms with Crippen LogP contribution in [0.25, 0.3) is 17.0 Å². The lowest BCUT2D eigenvalue weighted by molar-refractivity contribution is 0.319. The van der Waals surface area contributed by atoms with E-state index < -0.39 is 0 Å². The Labute approximate surface area is 94.3 Å². The molecule has 0 amide bonds. The molecule has 0 fully saturated rings. The van der Waals surface area contributed by atoms with Crippen LogP contribution in [0, 0.1) is 0 Å². The molecule has 0 aliphatic carbocycles. The van der Waals surface area contributed by atoms with Gasteiger partial charge in [0.15, 0.2) is 0 Å². The maximum absolute atomic E-state index is 8.56. The number of para-hydroxylation sites is 1. The van der Waals surface area contributed by atoms with Crippen molar-refractivity contribution in [2.24, 2.45) is 12.2 Å². The Morgan fingerprint density at radius 1 is 1.38 bits per heavy atom. The van der Waals surface area contributed by atoms with E-state index >= 15 is 0 Å². The summed E-state index contributed by atoms with van der Waals surface area (Å²) in [5, 5.41) is 12.9. The highest BCUT2D eigenvalue weighted by atomic mass is 16.4. The van der Waals surface area contributed by atoms with Crippen LogP contribution in [0.3, 0.4) is 0 Å². The van der Waals surface area contributed by atoms with E-state index in [1.54, 1.807) is 13.0 Å². The number of benzene rings is 1. The molecule has 2 rings (SSSR count). The van der Waals surface area contributed by atoms with Gasteiger partial charge >= 0.3 is 0 Å². The molecule has 0 bridgehead atoms. The number of oxime groups is 1. The summed E-state index contributed by atoms with van der Waals surface area (Å²) in [6, 6.07) is 8.21. The molecule has 16 heavy (non-hydrogen) atoms. The molecule has 0 saturated carbocycles. The lowest BCUT2D eigenvalue weighted by Crippen LogP contribution is -1.82. The first-order chi connectivity index (χ1) is 7.72. The van der Waals surface area contributed by atoms with E-state index in [0.29, 0.717) is 5.71 Å². The van der Waals surface area contributed by atoms with Crippen LogP contribution in [-0.4, -0.2) is 15.5 Å². The molecule has 2 aromatic rings. The molecule has 0 saturated heterocycles. The summed E-state index contributed by atoms with van der Waals surface area (Å²) in [5.41, 5.74) is 2.91. The van der Waals surface area contributed by atoms with Crippen LogP contribution < -0.4 is 0 Å². The van der Waals surface area contributed by atoms with Gasteiger partial charge in [0.2, 0.25) is 0 Å². The van der Waals surface area contributed by atoms with E-state index in [1.165, 1.54) is 10.9 Å². The summed E-state index contributed by atoms with van der Waals surface area (Å²) in [7, 11) is 2.02. The number of fused-ring (bicyclic) bond motifs is 1. The standard InChI is InChI=1S/C13H14N2O/c1-10(14-16)7-8-11-9-15(2)13-6-4-3-5-12(11)13/h3-9,16H,1-2H3. The van der Waals surface area contributed by atoms with Crippen molar-refractivity contribution in [2.45, 2.75) is 6.92 Å². The predicted octanol–water partition coefficient (Wildman–Crippen LogP) is 3.04. The highest BCUT2D eigenvalue weighted by Gasteiger charge is 2.02. The number of nitrogens with zero attached hydrogens (tertiary/aromatic N) is 2. The average Bonchev–Trinajstić information content (AvgIpc) is 2.64. The Morgan fingerprint density at radius 3 is 2.88 bits per heavy atom. The first-order valence-corrected chi connectivity index (χ1v) is 5.13. The summed E-state index contributed by atoms with van der Waals surface area (Å²) in [4.78, 5) is 0. The summed E-state index contributed by atoms with van der Waals surface area (Å²) >= 11 is 0. The van der Waals surface area contributed by atoms with Gasteiger partial charge in [0.05, 0.1) is 5.71 Å². The van der Waals surface area contributed by atoms with Gasteiger partial charge in [0.25, 0.3) is 0 Å². The number of aryl methyl sites for hydroxylation is 1. The molecule has 3 nitrogen and oxygen atoms in total. The molecule has 0 radical (unpaired) electrons. The summed E-state index contributed by atoms with van der Waals surface area (Å²) in [6.07, 6.45) is 5.81. The first kappa shape index (κ1) is 10.5. The molecule has 0 aliphatic rings. The molecule has 0 spiro atoms. The second-order valence-electron chi connectivity index (χ2n) is 3.79. The minimum Gasteiger partial charge on any atom is -0.411 e. The molecule has 82 valence electrons. The van der Waals surface area contributed by atoms with Crippen LogP contribution in [0.2, 0.25) is 0 Å². The maximum atomic E-state index is 8.56. The van der Waals surface area contributed by atoms with Gasteiger partial charge < -0.3 is 9.77 Å². The number of rotatable bonds is 2. The fraction of sp³-hybridized carbons (Fsp3) is 0.154. The van der Waals surface area contributed by atoms with Crippen molar-refractivity contribution in [2.75, 3.05) is 0 Å². The van der Waals surface area contributed by atoms with Crippen molar-refractivity contribution in [3.63, 3.8) is 0 Å². The largest absolute Gasteiger partial charge is 0.411 e. The summed E-state index contributed by atoms with van der Waals surface area (Å²) < 4.78 is 2.08. The third kappa shape index (κ3) is 1.84. The zero-order valence-electron chi connectivity index (χ0n) is 9.38. The van der Waals surface area contributed by atoms with Crippen molar-refractivity contribution in [1.29, 1.82) is 0 Å². The number of hydrogen-bond donors (Lipinski definition) is 1. The number of aromatic nitrogens is 1. The Bertz CT molecular complexity index is 564. The maximum Gasteiger partial charge on any atom is 0.0765 e. The van der Waals surface area contributed by atoms with Gasteiger partial charge in [-0.25, -0.2) is 0 Å². The van der Waals surface area contributed by atoms with E-state index in [1.807, 2.05) is 25.3 Å². The van der Waals surface area contributed by atoms with Gasteiger partial charge in [-0.1, -0.05) is 29.4 Å². The highest BCUT2D eigenvalue weighted by Crippen LogP contribution is 2.21. The van der Waals surface area contributed by atoms with E-state index in [4.69, 9.17) is 5.21 Å². The zero-order chi connectivity index (χ0) is 11.5. The molecule has 1 N–H and O–H groups in total. The third-order valence-electron chi connectivity index (χ3n) is 2.59. The molecule has 3 heteroatoms. The number of allylic oxidation sites excluding steroid dienone is 1. The molecular weight excluding hydrogens is 200 g/mol. The average molecular weight is 214 g/mol. The van der Waals surface area contributed by atoms with Gasteiger partial charge in [-0.2, -0.15) is 0 Å². The van der Waals surface area contributed by atoms with Gasteiger partial charge in [0.1, 0.15) is 0 Å². The van der Waals surface area contributed by atoms with Crippen LogP contribution >= 0.6 is 0 Å². The van der Waals surface area contributed by atoms with E-state index in [0.717, 1.165) is 5.56 Å². The molecule has 1 aromatic heterocycles. The Kier molecular flexibility index (Phi) is 2.77. The quantitative estimate of drug-likeness (QED) is 0.465. The summed E-state index contributed by atoms with van der Waals surface area (Å²) in [5.74, 6) is 0. The molecule has 1 aromatic carbocycles. The van der Waals surface area contributed by atoms with E-state index in [9.17, 15) is 0 Å². The second-order valence-corrected chi connectivity index (χ2v) is 3.79. The minimum atomic E-state index is 0.591. The topological polar surface area (TPSA) is 37.5 Å². The van der Waals surface area contributed by atoms with Crippen molar-refractivity contribution < 1.29 is 5.21 Å². The van der Waals surface area contributed by atoms with E-state index in [-0.39, 0.29) is 0 Å². The Morgan fingerprint density at radius 2 is 2.12 bits per heavy atom. The fourth-order valence-corrected chi connectivity index (χ4v) is 1.75. The van der Waals surface area contributed by atoms with Crippen LogP contribution in [0.5, 0.6) is 0 Å². The Hall–Kier alpha value is -2.03. The van der Waals surface area contributed by atoms with Crippen LogP contribution in [0.4, 0.5) is 0 Å². The van der Waals surface area contributed by atoms with Crippen molar-refractivity contribution in [1.82, 2.24) is 4.57 Å².